The van der Waals surface area contributed by atoms with Crippen LogP contribution in [0.25, 0.3) is 0 Å². The molecule has 1 saturated heterocycles. The molecule has 19 heavy (non-hydrogen) atoms. The predicted octanol–water partition coefficient (Wildman–Crippen LogP) is 1.26. The molecular weight excluding hydrogens is 248 g/mol. The quantitative estimate of drug-likeness (QED) is 0.821. The maximum atomic E-state index is 12.4. The Morgan fingerprint density at radius 1 is 1.42 bits per heavy atom. The van der Waals surface area contributed by atoms with E-state index < -0.39 is 12.1 Å². The number of hydrogen-bond acceptors (Lipinski definition) is 3. The Morgan fingerprint density at radius 3 is 2.47 bits per heavy atom. The molecule has 0 saturated carbocycles. The molecule has 110 valence electrons. The van der Waals surface area contributed by atoms with E-state index >= 15 is 0 Å². The minimum absolute atomic E-state index is 0.0249. The van der Waals surface area contributed by atoms with Gasteiger partial charge in [-0.05, 0) is 12.3 Å². The highest BCUT2D eigenvalue weighted by Crippen LogP contribution is 2.24. The van der Waals surface area contributed by atoms with Crippen molar-refractivity contribution in [3.05, 3.63) is 0 Å². The first kappa shape index (κ1) is 15.8. The van der Waals surface area contributed by atoms with Crippen LogP contribution in [-0.4, -0.2) is 65.8 Å². The number of carboxylic acids is 1. The summed E-state index contributed by atoms with van der Waals surface area (Å²) < 4.78 is 5.12. The minimum Gasteiger partial charge on any atom is -0.479 e. The number of rotatable bonds is 2. The van der Waals surface area contributed by atoms with Crippen LogP contribution >= 0.6 is 0 Å². The van der Waals surface area contributed by atoms with E-state index in [1.165, 1.54) is 0 Å². The molecule has 6 nitrogen and oxygen atoms in total. The van der Waals surface area contributed by atoms with Gasteiger partial charge in [0.15, 0.2) is 6.10 Å². The lowest BCUT2D eigenvalue weighted by Crippen LogP contribution is -2.55. The van der Waals surface area contributed by atoms with Crippen molar-refractivity contribution in [2.45, 2.75) is 39.8 Å². The maximum Gasteiger partial charge on any atom is 0.334 e. The van der Waals surface area contributed by atoms with Crippen LogP contribution in [-0.2, 0) is 9.53 Å². The summed E-state index contributed by atoms with van der Waals surface area (Å²) in [5.74, 6) is -1.02. The van der Waals surface area contributed by atoms with Gasteiger partial charge in [-0.3, -0.25) is 0 Å². The summed E-state index contributed by atoms with van der Waals surface area (Å²) in [6.07, 6.45) is -0.920. The van der Waals surface area contributed by atoms with Crippen LogP contribution in [0.4, 0.5) is 4.79 Å². The molecule has 0 spiro atoms. The smallest absolute Gasteiger partial charge is 0.334 e. The number of hydrogen-bond donors (Lipinski definition) is 1. The van der Waals surface area contributed by atoms with Gasteiger partial charge in [-0.15, -0.1) is 0 Å². The second-order valence-electron chi connectivity index (χ2n) is 6.08. The van der Waals surface area contributed by atoms with Gasteiger partial charge in [0, 0.05) is 19.6 Å². The normalized spacial score (nSPS) is 21.9. The number of nitrogens with zero attached hydrogens (tertiary/aromatic N) is 2. The number of carbonyl (C=O) groups excluding carboxylic acids is 1. The fourth-order valence-corrected chi connectivity index (χ4v) is 1.94. The standard InChI is InChI=1S/C13H24N2O4/c1-9(13(2,3)4)14(5)12(18)15-6-7-19-10(8-15)11(16)17/h9-10H,6-8H2,1-5H3,(H,16,17). The van der Waals surface area contributed by atoms with Gasteiger partial charge in [0.2, 0.25) is 0 Å². The van der Waals surface area contributed by atoms with Crippen molar-refractivity contribution in [1.29, 1.82) is 0 Å². The van der Waals surface area contributed by atoms with Crippen LogP contribution in [0.5, 0.6) is 0 Å². The van der Waals surface area contributed by atoms with Crippen LogP contribution in [0.1, 0.15) is 27.7 Å². The number of urea groups is 1. The maximum absolute atomic E-state index is 12.4. The van der Waals surface area contributed by atoms with E-state index in [0.29, 0.717) is 6.54 Å². The lowest BCUT2D eigenvalue weighted by molar-refractivity contribution is -0.154. The van der Waals surface area contributed by atoms with E-state index in [9.17, 15) is 9.59 Å². The molecule has 1 rings (SSSR count). The molecule has 0 aromatic heterocycles. The largest absolute Gasteiger partial charge is 0.479 e. The summed E-state index contributed by atoms with van der Waals surface area (Å²) in [5.41, 5.74) is -0.0249. The highest BCUT2D eigenvalue weighted by molar-refractivity contribution is 5.77. The highest BCUT2D eigenvalue weighted by atomic mass is 16.5. The summed E-state index contributed by atoms with van der Waals surface area (Å²) in [6, 6.07) is -0.0805. The summed E-state index contributed by atoms with van der Waals surface area (Å²) >= 11 is 0. The SMILES string of the molecule is CC(N(C)C(=O)N1CCOC(C(=O)O)C1)C(C)(C)C. The van der Waals surface area contributed by atoms with Crippen molar-refractivity contribution >= 4 is 12.0 Å². The minimum atomic E-state index is -1.02. The van der Waals surface area contributed by atoms with Crippen LogP contribution in [0.3, 0.4) is 0 Å². The van der Waals surface area contributed by atoms with E-state index in [0.717, 1.165) is 0 Å². The zero-order valence-corrected chi connectivity index (χ0v) is 12.3. The van der Waals surface area contributed by atoms with Crippen molar-refractivity contribution in [3.63, 3.8) is 0 Å². The molecule has 2 atom stereocenters. The average molecular weight is 272 g/mol. The summed E-state index contributed by atoms with van der Waals surface area (Å²) in [4.78, 5) is 26.5. The third-order valence-corrected chi connectivity index (χ3v) is 3.75. The van der Waals surface area contributed by atoms with Gasteiger partial charge in [0.25, 0.3) is 0 Å². The van der Waals surface area contributed by atoms with E-state index in [4.69, 9.17) is 9.84 Å². The van der Waals surface area contributed by atoms with Crippen molar-refractivity contribution in [1.82, 2.24) is 9.80 Å². The van der Waals surface area contributed by atoms with E-state index in [1.54, 1.807) is 16.8 Å². The van der Waals surface area contributed by atoms with Crippen molar-refractivity contribution in [2.75, 3.05) is 26.7 Å². The monoisotopic (exact) mass is 272 g/mol. The molecule has 0 aliphatic carbocycles. The summed E-state index contributed by atoms with van der Waals surface area (Å²) in [7, 11) is 1.75. The van der Waals surface area contributed by atoms with Crippen LogP contribution < -0.4 is 0 Å². The Balaban J connectivity index is 2.69. The van der Waals surface area contributed by atoms with Crippen molar-refractivity contribution in [3.8, 4) is 0 Å². The van der Waals surface area contributed by atoms with Crippen molar-refractivity contribution in [2.24, 2.45) is 5.41 Å². The van der Waals surface area contributed by atoms with Gasteiger partial charge in [0.05, 0.1) is 13.2 Å². The Kier molecular flexibility index (Phi) is 4.79. The molecule has 2 amide bonds. The number of carbonyl (C=O) groups is 2. The molecular formula is C13H24N2O4. The Morgan fingerprint density at radius 2 is 2.00 bits per heavy atom. The molecule has 2 unspecified atom stereocenters. The molecule has 1 aliphatic heterocycles. The van der Waals surface area contributed by atoms with Crippen LogP contribution in [0, 0.1) is 5.41 Å². The Labute approximate surface area is 114 Å². The van der Waals surface area contributed by atoms with Gasteiger partial charge in [-0.1, -0.05) is 20.8 Å². The number of morpholine rings is 1. The Bertz CT molecular complexity index is 351. The lowest BCUT2D eigenvalue weighted by Gasteiger charge is -2.40. The van der Waals surface area contributed by atoms with Gasteiger partial charge < -0.3 is 19.6 Å². The first-order valence-electron chi connectivity index (χ1n) is 6.50. The molecule has 0 aromatic carbocycles. The first-order chi connectivity index (χ1) is 8.64. The van der Waals surface area contributed by atoms with Gasteiger partial charge in [0.1, 0.15) is 0 Å². The predicted molar refractivity (Wildman–Crippen MR) is 71.0 cm³/mol. The molecule has 1 aliphatic rings. The molecule has 1 heterocycles. The van der Waals surface area contributed by atoms with Gasteiger partial charge >= 0.3 is 12.0 Å². The van der Waals surface area contributed by atoms with E-state index in [2.05, 4.69) is 20.8 Å². The zero-order valence-electron chi connectivity index (χ0n) is 12.3. The Hall–Kier alpha value is -1.30. The van der Waals surface area contributed by atoms with Crippen LogP contribution in [0.2, 0.25) is 0 Å². The van der Waals surface area contributed by atoms with Crippen LogP contribution in [0.15, 0.2) is 0 Å². The van der Waals surface area contributed by atoms with Gasteiger partial charge in [-0.2, -0.15) is 0 Å². The number of carboxylic acid groups (broad SMARTS) is 1. The molecule has 0 bridgehead atoms. The van der Waals surface area contributed by atoms with Crippen molar-refractivity contribution < 1.29 is 19.4 Å². The fraction of sp³-hybridized carbons (Fsp3) is 0.846. The van der Waals surface area contributed by atoms with E-state index in [-0.39, 0.29) is 30.6 Å². The number of amides is 2. The second-order valence-corrected chi connectivity index (χ2v) is 6.08. The zero-order chi connectivity index (χ0) is 14.8. The van der Waals surface area contributed by atoms with Gasteiger partial charge in [-0.25, -0.2) is 9.59 Å². The summed E-state index contributed by atoms with van der Waals surface area (Å²) in [6.45, 7) is 9.01. The molecule has 1 N–H and O–H groups in total. The highest BCUT2D eigenvalue weighted by Gasteiger charge is 2.34. The summed E-state index contributed by atoms with van der Waals surface area (Å²) in [5, 5.41) is 8.94. The molecule has 1 fully saturated rings. The number of ether oxygens (including phenoxy) is 1. The molecule has 6 heteroatoms. The molecule has 0 aromatic rings. The van der Waals surface area contributed by atoms with E-state index in [1.807, 2.05) is 6.92 Å². The molecule has 0 radical (unpaired) electrons. The number of aliphatic carboxylic acids is 1. The third kappa shape index (κ3) is 3.83. The second kappa shape index (κ2) is 5.77. The first-order valence-corrected chi connectivity index (χ1v) is 6.50. The lowest BCUT2D eigenvalue weighted by atomic mass is 9.87. The third-order valence-electron chi connectivity index (χ3n) is 3.75. The topological polar surface area (TPSA) is 70.1 Å². The fourth-order valence-electron chi connectivity index (χ4n) is 1.94. The average Bonchev–Trinajstić information content (AvgIpc) is 2.35.